The lowest BCUT2D eigenvalue weighted by Gasteiger charge is -2.34. The van der Waals surface area contributed by atoms with Gasteiger partial charge in [0, 0.05) is 18.9 Å². The summed E-state index contributed by atoms with van der Waals surface area (Å²) in [7, 11) is 0. The van der Waals surface area contributed by atoms with Gasteiger partial charge in [-0.1, -0.05) is 35.3 Å². The topological polar surface area (TPSA) is 105 Å². The SMILES string of the molecule is CC1(C(=O)O)CCC(n2ncc(C(=O)N(CC(=O)c3c(Cl)cncc3Cl)Cc3ccc(F)cc3)c2C(F)(F)F)CC1. The maximum atomic E-state index is 14.4. The molecule has 1 aliphatic carbocycles. The number of halogens is 6. The Bertz CT molecular complexity index is 1450. The molecule has 1 aliphatic rings. The number of benzene rings is 1. The highest BCUT2D eigenvalue weighted by Crippen LogP contribution is 2.43. The summed E-state index contributed by atoms with van der Waals surface area (Å²) in [5.74, 6) is -3.49. The molecule has 3 aromatic rings. The van der Waals surface area contributed by atoms with Crippen LogP contribution in [0.1, 0.15) is 70.6 Å². The molecule has 14 heteroatoms. The van der Waals surface area contributed by atoms with Gasteiger partial charge in [-0.05, 0) is 50.3 Å². The minimum absolute atomic E-state index is 0.105. The maximum absolute atomic E-state index is 14.4. The molecule has 1 N–H and O–H groups in total. The average Bonchev–Trinajstić information content (AvgIpc) is 3.35. The van der Waals surface area contributed by atoms with E-state index in [-0.39, 0.29) is 47.8 Å². The molecule has 1 aromatic carbocycles. The Morgan fingerprint density at radius 2 is 1.66 bits per heavy atom. The van der Waals surface area contributed by atoms with Gasteiger partial charge >= 0.3 is 12.1 Å². The zero-order valence-electron chi connectivity index (χ0n) is 21.6. The lowest BCUT2D eigenvalue weighted by atomic mass is 9.74. The molecule has 1 saturated carbocycles. The molecule has 0 spiro atoms. The molecule has 0 radical (unpaired) electrons. The molecule has 0 unspecified atom stereocenters. The van der Waals surface area contributed by atoms with E-state index in [0.29, 0.717) is 5.56 Å². The van der Waals surface area contributed by atoms with Crippen molar-refractivity contribution < 1.29 is 37.1 Å². The minimum Gasteiger partial charge on any atom is -0.481 e. The Labute approximate surface area is 241 Å². The van der Waals surface area contributed by atoms with Gasteiger partial charge in [-0.15, -0.1) is 0 Å². The average molecular weight is 615 g/mol. The summed E-state index contributed by atoms with van der Waals surface area (Å²) in [5.41, 5.74) is -2.96. The fraction of sp³-hybridized carbons (Fsp3) is 0.370. The van der Waals surface area contributed by atoms with Gasteiger partial charge in [0.05, 0.1) is 45.4 Å². The summed E-state index contributed by atoms with van der Waals surface area (Å²) in [6.07, 6.45) is -1.40. The van der Waals surface area contributed by atoms with E-state index in [1.165, 1.54) is 12.1 Å². The van der Waals surface area contributed by atoms with Crippen molar-refractivity contribution in [3.8, 4) is 0 Å². The Balaban J connectivity index is 1.71. The summed E-state index contributed by atoms with van der Waals surface area (Å²) in [5, 5.41) is 13.2. The number of pyridine rings is 1. The highest BCUT2D eigenvalue weighted by Gasteiger charge is 2.45. The number of carboxylic acid groups (broad SMARTS) is 1. The number of alkyl halides is 3. The van der Waals surface area contributed by atoms with Crippen molar-refractivity contribution in [2.75, 3.05) is 6.54 Å². The molecule has 4 rings (SSSR count). The van der Waals surface area contributed by atoms with Crippen LogP contribution in [-0.4, -0.2) is 49.0 Å². The summed E-state index contributed by atoms with van der Waals surface area (Å²) in [6.45, 7) is 0.497. The maximum Gasteiger partial charge on any atom is 0.433 e. The van der Waals surface area contributed by atoms with Crippen LogP contribution >= 0.6 is 23.2 Å². The largest absolute Gasteiger partial charge is 0.481 e. The van der Waals surface area contributed by atoms with Crippen LogP contribution in [0.3, 0.4) is 0 Å². The van der Waals surface area contributed by atoms with Crippen LogP contribution in [0.25, 0.3) is 0 Å². The van der Waals surface area contributed by atoms with Crippen molar-refractivity contribution in [1.82, 2.24) is 19.7 Å². The Kier molecular flexibility index (Phi) is 8.74. The van der Waals surface area contributed by atoms with Crippen LogP contribution in [-0.2, 0) is 17.5 Å². The van der Waals surface area contributed by atoms with Crippen LogP contribution in [0.5, 0.6) is 0 Å². The van der Waals surface area contributed by atoms with Crippen molar-refractivity contribution in [1.29, 1.82) is 0 Å². The van der Waals surface area contributed by atoms with Gasteiger partial charge in [0.2, 0.25) is 0 Å². The van der Waals surface area contributed by atoms with Crippen molar-refractivity contribution in [3.05, 3.63) is 81.1 Å². The van der Waals surface area contributed by atoms with Crippen molar-refractivity contribution in [2.24, 2.45) is 5.41 Å². The van der Waals surface area contributed by atoms with Gasteiger partial charge in [0.15, 0.2) is 11.5 Å². The van der Waals surface area contributed by atoms with Gasteiger partial charge in [-0.25, -0.2) is 4.39 Å². The molecule has 0 bridgehead atoms. The predicted octanol–water partition coefficient (Wildman–Crippen LogP) is 6.47. The monoisotopic (exact) mass is 614 g/mol. The fourth-order valence-corrected chi connectivity index (χ4v) is 5.46. The molecule has 2 heterocycles. The van der Waals surface area contributed by atoms with E-state index in [1.54, 1.807) is 6.92 Å². The van der Waals surface area contributed by atoms with Crippen LogP contribution in [0.15, 0.2) is 42.9 Å². The molecule has 2 aromatic heterocycles. The second-order valence-corrected chi connectivity index (χ2v) is 10.9. The number of rotatable bonds is 8. The summed E-state index contributed by atoms with van der Waals surface area (Å²) < 4.78 is 57.5. The molecular formula is C27H24Cl2F4N4O4. The quantitative estimate of drug-likeness (QED) is 0.230. The van der Waals surface area contributed by atoms with E-state index in [1.807, 2.05) is 0 Å². The lowest BCUT2D eigenvalue weighted by Crippen LogP contribution is -2.37. The van der Waals surface area contributed by atoms with Gasteiger partial charge in [-0.3, -0.25) is 24.0 Å². The minimum atomic E-state index is -5.00. The van der Waals surface area contributed by atoms with Crippen molar-refractivity contribution in [3.63, 3.8) is 0 Å². The van der Waals surface area contributed by atoms with E-state index in [2.05, 4.69) is 10.1 Å². The van der Waals surface area contributed by atoms with Crippen molar-refractivity contribution in [2.45, 2.75) is 51.4 Å². The zero-order chi connectivity index (χ0) is 30.1. The van der Waals surface area contributed by atoms with Gasteiger partial charge < -0.3 is 10.0 Å². The first-order valence-corrected chi connectivity index (χ1v) is 13.2. The third-order valence-electron chi connectivity index (χ3n) is 7.26. The number of carbonyl (C=O) groups is 3. The number of carboxylic acids is 1. The standard InChI is InChI=1S/C27H24Cl2F4N4O4/c1-26(25(40)41)8-6-17(7-9-26)37-23(27(31,32)33)18(10-35-37)24(39)36(13-15-2-4-16(30)5-3-15)14-21(38)22-19(28)11-34-12-20(22)29/h2-5,10-12,17H,6-9,13-14H2,1H3,(H,40,41). The predicted molar refractivity (Wildman–Crippen MR) is 140 cm³/mol. The number of ketones is 1. The number of hydrogen-bond donors (Lipinski definition) is 1. The number of aromatic nitrogens is 3. The second-order valence-electron chi connectivity index (χ2n) is 10.1. The summed E-state index contributed by atoms with van der Waals surface area (Å²) in [4.78, 5) is 43.1. The number of carbonyl (C=O) groups excluding carboxylic acids is 2. The third kappa shape index (κ3) is 6.54. The van der Waals surface area contributed by atoms with Gasteiger partial charge in [-0.2, -0.15) is 18.3 Å². The smallest absolute Gasteiger partial charge is 0.433 e. The number of nitrogens with zero attached hydrogens (tertiary/aromatic N) is 4. The Hall–Kier alpha value is -3.51. The highest BCUT2D eigenvalue weighted by atomic mass is 35.5. The normalized spacial score (nSPS) is 19.1. The third-order valence-corrected chi connectivity index (χ3v) is 7.83. The number of aliphatic carboxylic acids is 1. The molecule has 0 saturated heterocycles. The summed E-state index contributed by atoms with van der Waals surface area (Å²) in [6, 6.07) is 4.11. The molecule has 1 amide bonds. The van der Waals surface area contributed by atoms with Gasteiger partial charge in [0.1, 0.15) is 5.82 Å². The van der Waals surface area contributed by atoms with E-state index >= 15 is 0 Å². The first kappa shape index (κ1) is 30.4. The second kappa shape index (κ2) is 11.8. The van der Waals surface area contributed by atoms with E-state index in [4.69, 9.17) is 23.2 Å². The van der Waals surface area contributed by atoms with Crippen LogP contribution in [0.2, 0.25) is 10.0 Å². The molecular weight excluding hydrogens is 591 g/mol. The number of hydrogen-bond acceptors (Lipinski definition) is 5. The number of Topliss-reactive ketones (excluding diaryl/α,β-unsaturated/α-hetero) is 1. The molecule has 0 aliphatic heterocycles. The fourth-order valence-electron chi connectivity index (χ4n) is 4.89. The van der Waals surface area contributed by atoms with Crippen molar-refractivity contribution >= 4 is 40.9 Å². The Morgan fingerprint density at radius 3 is 2.20 bits per heavy atom. The van der Waals surface area contributed by atoms with Crippen LogP contribution < -0.4 is 0 Å². The lowest BCUT2D eigenvalue weighted by molar-refractivity contribution is -0.152. The Morgan fingerprint density at radius 1 is 1.07 bits per heavy atom. The summed E-state index contributed by atoms with van der Waals surface area (Å²) >= 11 is 12.2. The molecule has 8 nitrogen and oxygen atoms in total. The van der Waals surface area contributed by atoms with Gasteiger partial charge in [0.25, 0.3) is 5.91 Å². The molecule has 41 heavy (non-hydrogen) atoms. The molecule has 218 valence electrons. The number of amides is 1. The van der Waals surface area contributed by atoms with Crippen LogP contribution in [0.4, 0.5) is 17.6 Å². The first-order chi connectivity index (χ1) is 19.2. The van der Waals surface area contributed by atoms with E-state index in [9.17, 15) is 37.1 Å². The van der Waals surface area contributed by atoms with E-state index < -0.39 is 58.9 Å². The van der Waals surface area contributed by atoms with E-state index in [0.717, 1.165) is 40.3 Å². The van der Waals surface area contributed by atoms with Crippen LogP contribution in [0, 0.1) is 11.2 Å². The molecule has 0 atom stereocenters. The molecule has 1 fully saturated rings. The zero-order valence-corrected chi connectivity index (χ0v) is 23.1. The highest BCUT2D eigenvalue weighted by molar-refractivity contribution is 6.39. The first-order valence-electron chi connectivity index (χ1n) is 12.5.